The first kappa shape index (κ1) is 17.4. The number of carboxylic acids is 2. The maximum atomic E-state index is 10.2. The third kappa shape index (κ3) is 8.20. The maximum Gasteiger partial charge on any atom is 0.322 e. The molecule has 0 aliphatic heterocycles. The van der Waals surface area contributed by atoms with Crippen molar-refractivity contribution in [2.45, 2.75) is 45.6 Å². The van der Waals surface area contributed by atoms with E-state index in [4.69, 9.17) is 15.9 Å². The van der Waals surface area contributed by atoms with Crippen molar-refractivity contribution in [2.24, 2.45) is 11.7 Å². The lowest BCUT2D eigenvalue weighted by molar-refractivity contribution is -0.139. The van der Waals surface area contributed by atoms with E-state index in [1.165, 1.54) is 0 Å². The van der Waals surface area contributed by atoms with Gasteiger partial charge in [0.1, 0.15) is 12.6 Å². The molecule has 0 aromatic rings. The van der Waals surface area contributed by atoms with Crippen LogP contribution in [0.1, 0.15) is 39.5 Å². The third-order valence-corrected chi connectivity index (χ3v) is 3.05. The number of carbonyl (C=O) groups is 2. The molecule has 0 unspecified atom stereocenters. The zero-order chi connectivity index (χ0) is 14.8. The van der Waals surface area contributed by atoms with E-state index in [1.54, 1.807) is 0 Å². The van der Waals surface area contributed by atoms with Crippen LogP contribution in [0.5, 0.6) is 0 Å². The smallest absolute Gasteiger partial charge is 0.322 e. The Morgan fingerprint density at radius 2 is 2.11 bits per heavy atom. The lowest BCUT2D eigenvalue weighted by Crippen LogP contribution is -2.36. The highest BCUT2D eigenvalue weighted by atomic mass is 16.4. The van der Waals surface area contributed by atoms with Gasteiger partial charge in [0.05, 0.1) is 0 Å². The van der Waals surface area contributed by atoms with Gasteiger partial charge in [0.15, 0.2) is 0 Å². The van der Waals surface area contributed by atoms with Gasteiger partial charge in [0, 0.05) is 5.70 Å². The minimum absolute atomic E-state index is 0.0475. The predicted octanol–water partition coefficient (Wildman–Crippen LogP) is 1.17. The highest BCUT2D eigenvalue weighted by Gasteiger charge is 2.17. The number of aliphatic carboxylic acids is 2. The van der Waals surface area contributed by atoms with Gasteiger partial charge in [0.2, 0.25) is 0 Å². The van der Waals surface area contributed by atoms with E-state index in [-0.39, 0.29) is 12.5 Å². The summed E-state index contributed by atoms with van der Waals surface area (Å²) in [6.07, 6.45) is 6.12. The van der Waals surface area contributed by atoms with Crippen LogP contribution in [0.15, 0.2) is 11.8 Å². The Morgan fingerprint density at radius 1 is 1.47 bits per heavy atom. The van der Waals surface area contributed by atoms with E-state index in [1.807, 2.05) is 13.8 Å². The van der Waals surface area contributed by atoms with Crippen LogP contribution in [-0.2, 0) is 9.59 Å². The molecule has 0 amide bonds. The Morgan fingerprint density at radius 3 is 2.42 bits per heavy atom. The Kier molecular flexibility index (Phi) is 8.61. The van der Waals surface area contributed by atoms with E-state index in [9.17, 15) is 9.59 Å². The summed E-state index contributed by atoms with van der Waals surface area (Å²) in [5.74, 6) is -1.64. The molecular formula is C13H24N2O4. The molecule has 0 heterocycles. The quantitative estimate of drug-likeness (QED) is 0.577. The first-order valence-corrected chi connectivity index (χ1v) is 6.51. The molecule has 110 valence electrons. The van der Waals surface area contributed by atoms with E-state index < -0.39 is 18.0 Å². The summed E-state index contributed by atoms with van der Waals surface area (Å²) in [5, 5.41) is 19.5. The summed E-state index contributed by atoms with van der Waals surface area (Å²) in [5.41, 5.74) is 6.36. The molecule has 1 aliphatic rings. The van der Waals surface area contributed by atoms with Crippen molar-refractivity contribution < 1.29 is 19.8 Å². The van der Waals surface area contributed by atoms with E-state index in [0.29, 0.717) is 0 Å². The molecule has 0 radical (unpaired) electrons. The minimum atomic E-state index is -0.913. The summed E-state index contributed by atoms with van der Waals surface area (Å²) in [6, 6.07) is -0.699. The number of nitrogens with two attached hydrogens (primary N) is 1. The van der Waals surface area contributed by atoms with Crippen LogP contribution in [-0.4, -0.2) is 34.7 Å². The third-order valence-electron chi connectivity index (χ3n) is 3.05. The first-order chi connectivity index (χ1) is 8.88. The molecule has 6 heteroatoms. The van der Waals surface area contributed by atoms with E-state index in [0.717, 1.165) is 31.4 Å². The Labute approximate surface area is 113 Å². The molecule has 5 N–H and O–H groups in total. The predicted molar refractivity (Wildman–Crippen MR) is 72.6 cm³/mol. The molecule has 0 aromatic heterocycles. The van der Waals surface area contributed by atoms with Gasteiger partial charge < -0.3 is 21.3 Å². The van der Waals surface area contributed by atoms with Gasteiger partial charge in [-0.15, -0.1) is 0 Å². The van der Waals surface area contributed by atoms with E-state index >= 15 is 0 Å². The summed E-state index contributed by atoms with van der Waals surface area (Å²) in [7, 11) is 0. The molecule has 0 saturated carbocycles. The van der Waals surface area contributed by atoms with Crippen molar-refractivity contribution in [3.63, 3.8) is 0 Å². The largest absolute Gasteiger partial charge is 0.480 e. The average molecular weight is 272 g/mol. The summed E-state index contributed by atoms with van der Waals surface area (Å²) in [6.45, 7) is 3.80. The standard InChI is InChI=1S/C7H11NO2.C6H13NO2/c9-7(10)5-8-6-3-1-2-4-6;1-3-4(2)5(7)6(8)9/h3,8H,1-2,4-5H2,(H,9,10);4-5H,3,7H2,1-2H3,(H,8,9)/t;4-,5-/m.0/s1. The molecule has 0 bridgehead atoms. The van der Waals surface area contributed by atoms with Crippen molar-refractivity contribution in [1.82, 2.24) is 5.32 Å². The molecular weight excluding hydrogens is 248 g/mol. The van der Waals surface area contributed by atoms with Crippen LogP contribution in [0.3, 0.4) is 0 Å². The number of hydrogen-bond donors (Lipinski definition) is 4. The number of allylic oxidation sites excluding steroid dienone is 2. The number of nitrogens with one attached hydrogen (secondary N) is 1. The second-order valence-electron chi connectivity index (χ2n) is 4.62. The Balaban J connectivity index is 0.000000344. The molecule has 0 saturated heterocycles. The lowest BCUT2D eigenvalue weighted by atomic mass is 10.0. The van der Waals surface area contributed by atoms with Crippen LogP contribution in [0, 0.1) is 5.92 Å². The van der Waals surface area contributed by atoms with Gasteiger partial charge in [-0.1, -0.05) is 26.3 Å². The van der Waals surface area contributed by atoms with Gasteiger partial charge in [-0.3, -0.25) is 9.59 Å². The normalized spacial score (nSPS) is 16.7. The maximum absolute atomic E-state index is 10.2. The fourth-order valence-electron chi connectivity index (χ4n) is 1.52. The van der Waals surface area contributed by atoms with Gasteiger partial charge in [-0.05, 0) is 25.2 Å². The van der Waals surface area contributed by atoms with Crippen LogP contribution in [0.4, 0.5) is 0 Å². The fourth-order valence-corrected chi connectivity index (χ4v) is 1.52. The molecule has 0 fully saturated rings. The molecule has 1 rings (SSSR count). The van der Waals surface area contributed by atoms with Crippen LogP contribution < -0.4 is 11.1 Å². The number of hydrogen-bond acceptors (Lipinski definition) is 4. The van der Waals surface area contributed by atoms with Crippen LogP contribution in [0.25, 0.3) is 0 Å². The number of rotatable bonds is 6. The topological polar surface area (TPSA) is 113 Å². The van der Waals surface area contributed by atoms with Crippen molar-refractivity contribution >= 4 is 11.9 Å². The molecule has 6 nitrogen and oxygen atoms in total. The minimum Gasteiger partial charge on any atom is -0.480 e. The Hall–Kier alpha value is -1.56. The highest BCUT2D eigenvalue weighted by Crippen LogP contribution is 2.13. The average Bonchev–Trinajstić information content (AvgIpc) is 2.88. The zero-order valence-corrected chi connectivity index (χ0v) is 11.6. The van der Waals surface area contributed by atoms with Crippen molar-refractivity contribution in [1.29, 1.82) is 0 Å². The summed E-state index contributed by atoms with van der Waals surface area (Å²) >= 11 is 0. The first-order valence-electron chi connectivity index (χ1n) is 6.51. The molecule has 2 atom stereocenters. The van der Waals surface area contributed by atoms with E-state index in [2.05, 4.69) is 11.4 Å². The van der Waals surface area contributed by atoms with Gasteiger partial charge in [0.25, 0.3) is 0 Å². The van der Waals surface area contributed by atoms with Gasteiger partial charge >= 0.3 is 11.9 Å². The fraction of sp³-hybridized carbons (Fsp3) is 0.692. The van der Waals surface area contributed by atoms with Crippen LogP contribution >= 0.6 is 0 Å². The van der Waals surface area contributed by atoms with Crippen LogP contribution in [0.2, 0.25) is 0 Å². The zero-order valence-electron chi connectivity index (χ0n) is 11.6. The second-order valence-corrected chi connectivity index (χ2v) is 4.62. The molecule has 1 aliphatic carbocycles. The molecule has 0 aromatic carbocycles. The van der Waals surface area contributed by atoms with Gasteiger partial charge in [-0.25, -0.2) is 0 Å². The van der Waals surface area contributed by atoms with Crippen molar-refractivity contribution in [3.8, 4) is 0 Å². The Bertz CT molecular complexity index is 329. The number of carboxylic acid groups (broad SMARTS) is 2. The summed E-state index contributed by atoms with van der Waals surface area (Å²) in [4.78, 5) is 20.2. The lowest BCUT2D eigenvalue weighted by Gasteiger charge is -2.11. The molecule has 19 heavy (non-hydrogen) atoms. The highest BCUT2D eigenvalue weighted by molar-refractivity contribution is 5.73. The molecule has 0 spiro atoms. The summed E-state index contributed by atoms with van der Waals surface area (Å²) < 4.78 is 0. The monoisotopic (exact) mass is 272 g/mol. The van der Waals surface area contributed by atoms with Gasteiger partial charge in [-0.2, -0.15) is 0 Å². The van der Waals surface area contributed by atoms with Crippen molar-refractivity contribution in [2.75, 3.05) is 6.54 Å². The second kappa shape index (κ2) is 9.38. The van der Waals surface area contributed by atoms with Crippen molar-refractivity contribution in [3.05, 3.63) is 11.8 Å². The SMILES string of the molecule is CC[C@H](C)[C@H](N)C(=O)O.O=C(O)CNC1=CCCC1.